The highest BCUT2D eigenvalue weighted by Crippen LogP contribution is 2.49. The number of allylic oxidation sites excluding steroid dienone is 2. The summed E-state index contributed by atoms with van der Waals surface area (Å²) < 4.78 is 1.32. The van der Waals surface area contributed by atoms with Crippen molar-refractivity contribution in [3.05, 3.63) is 145 Å². The Morgan fingerprint density at radius 1 is 0.667 bits per heavy atom. The van der Waals surface area contributed by atoms with Crippen LogP contribution < -0.4 is 26.1 Å². The van der Waals surface area contributed by atoms with Crippen molar-refractivity contribution in [2.75, 3.05) is 10.2 Å². The van der Waals surface area contributed by atoms with Crippen molar-refractivity contribution >= 4 is 72.3 Å². The molecule has 0 fully saturated rings. The van der Waals surface area contributed by atoms with E-state index in [1.807, 2.05) is 11.3 Å². The maximum Gasteiger partial charge on any atom is 0.124 e. The molecule has 1 unspecified atom stereocenters. The molecule has 5 aromatic carbocycles. The molecule has 0 spiro atoms. The van der Waals surface area contributed by atoms with Crippen LogP contribution in [0.15, 0.2) is 140 Å². The number of rotatable bonds is 4. The smallest absolute Gasteiger partial charge is 0.124 e. The van der Waals surface area contributed by atoms with Gasteiger partial charge in [-0.3, -0.25) is 0 Å². The Kier molecular flexibility index (Phi) is 5.40. The van der Waals surface area contributed by atoms with Crippen molar-refractivity contribution in [3.8, 4) is 0 Å². The molecule has 0 radical (unpaired) electrons. The van der Waals surface area contributed by atoms with Crippen molar-refractivity contribution in [1.82, 2.24) is 0 Å². The maximum atomic E-state index is 3.71. The summed E-state index contributed by atoms with van der Waals surface area (Å²) in [6, 6.07) is 44.4. The number of hydrogen-bond acceptors (Lipinski definition) is 3. The Hall–Kier alpha value is -4.17. The molecule has 0 saturated carbocycles. The van der Waals surface area contributed by atoms with Crippen LogP contribution in [0, 0.1) is 0 Å². The summed E-state index contributed by atoms with van der Waals surface area (Å²) in [6.07, 6.45) is 7.01. The molecule has 4 heteroatoms. The topological polar surface area (TPSA) is 15.3 Å². The fourth-order valence-electron chi connectivity index (χ4n) is 5.69. The SMILES string of the molecule is C1=CC2Nc3c(sc4ccccc34)N2C=C1c1ccc2cc(P(c3ccccc3)c3ccccc3)ccc2c1. The van der Waals surface area contributed by atoms with Crippen molar-refractivity contribution in [2.45, 2.75) is 6.17 Å². The molecule has 1 N–H and O–H groups in total. The van der Waals surface area contributed by atoms with Gasteiger partial charge in [0.05, 0.1) is 5.69 Å². The minimum Gasteiger partial charge on any atom is -0.359 e. The lowest BCUT2D eigenvalue weighted by atomic mass is 10.00. The average Bonchev–Trinajstić information content (AvgIpc) is 3.54. The fraction of sp³-hybridized carbons (Fsp3) is 0.0286. The predicted molar refractivity (Wildman–Crippen MR) is 171 cm³/mol. The summed E-state index contributed by atoms with van der Waals surface area (Å²) in [5, 5.41) is 13.0. The molecule has 6 aromatic rings. The summed E-state index contributed by atoms with van der Waals surface area (Å²) >= 11 is 1.86. The molecule has 39 heavy (non-hydrogen) atoms. The standard InChI is InChI=1S/C35H25N2PS/c1-3-9-28(10-4-1)38(29-11-5-2-6-12-29)30-19-17-24-21-25(15-16-26(24)22-30)27-18-20-33-36-34-31-13-7-8-14-32(31)39-35(34)37(33)23-27/h1-23,33,36H. The largest absolute Gasteiger partial charge is 0.359 e. The van der Waals surface area contributed by atoms with Crippen LogP contribution in [-0.4, -0.2) is 6.17 Å². The van der Waals surface area contributed by atoms with Gasteiger partial charge in [0.2, 0.25) is 0 Å². The molecule has 0 saturated heterocycles. The number of nitrogens with zero attached hydrogens (tertiary/aromatic N) is 1. The van der Waals surface area contributed by atoms with Crippen molar-refractivity contribution in [2.24, 2.45) is 0 Å². The van der Waals surface area contributed by atoms with Gasteiger partial charge in [-0.2, -0.15) is 0 Å². The van der Waals surface area contributed by atoms with Crippen molar-refractivity contribution < 1.29 is 0 Å². The van der Waals surface area contributed by atoms with E-state index in [2.05, 4.69) is 150 Å². The second-order valence-electron chi connectivity index (χ2n) is 9.97. The molecular formula is C35H25N2PS. The van der Waals surface area contributed by atoms with Gasteiger partial charge in [-0.05, 0) is 70.0 Å². The Morgan fingerprint density at radius 3 is 2.15 bits per heavy atom. The number of benzene rings is 5. The molecule has 186 valence electrons. The lowest BCUT2D eigenvalue weighted by Crippen LogP contribution is -2.31. The van der Waals surface area contributed by atoms with Crippen molar-refractivity contribution in [3.63, 3.8) is 0 Å². The van der Waals surface area contributed by atoms with Crippen LogP contribution in [0.1, 0.15) is 5.56 Å². The first kappa shape index (κ1) is 22.8. The number of thiophene rings is 1. The monoisotopic (exact) mass is 536 g/mol. The van der Waals surface area contributed by atoms with Crippen LogP contribution >= 0.6 is 19.3 Å². The number of nitrogens with one attached hydrogen (secondary N) is 1. The second kappa shape index (κ2) is 9.24. The summed E-state index contributed by atoms with van der Waals surface area (Å²) in [6.45, 7) is 0. The van der Waals surface area contributed by atoms with Crippen LogP contribution in [-0.2, 0) is 0 Å². The van der Waals surface area contributed by atoms with Gasteiger partial charge in [0, 0.05) is 16.3 Å². The highest BCUT2D eigenvalue weighted by molar-refractivity contribution is 7.79. The minimum atomic E-state index is -0.614. The van der Waals surface area contributed by atoms with Gasteiger partial charge in [0.1, 0.15) is 11.2 Å². The molecule has 2 nitrogen and oxygen atoms in total. The predicted octanol–water partition coefficient (Wildman–Crippen LogP) is 7.98. The zero-order chi connectivity index (χ0) is 25.8. The van der Waals surface area contributed by atoms with E-state index < -0.39 is 7.92 Å². The first-order valence-electron chi connectivity index (χ1n) is 13.2. The summed E-state index contributed by atoms with van der Waals surface area (Å²) in [5.74, 6) is 0. The van der Waals surface area contributed by atoms with Crippen molar-refractivity contribution in [1.29, 1.82) is 0 Å². The summed E-state index contributed by atoms with van der Waals surface area (Å²) in [5.41, 5.74) is 3.73. The van der Waals surface area contributed by atoms with E-state index in [-0.39, 0.29) is 6.17 Å². The third kappa shape index (κ3) is 3.89. The lowest BCUT2D eigenvalue weighted by Gasteiger charge is -2.25. The van der Waals surface area contributed by atoms with Gasteiger partial charge in [-0.15, -0.1) is 11.3 Å². The molecule has 0 amide bonds. The molecular weight excluding hydrogens is 511 g/mol. The lowest BCUT2D eigenvalue weighted by molar-refractivity contribution is 0.916. The normalized spacial score (nSPS) is 15.9. The van der Waals surface area contributed by atoms with Gasteiger partial charge in [-0.1, -0.05) is 109 Å². The molecule has 3 heterocycles. The molecule has 0 aliphatic carbocycles. The second-order valence-corrected chi connectivity index (χ2v) is 13.2. The maximum absolute atomic E-state index is 3.71. The Bertz CT molecular complexity index is 1870. The number of hydrogen-bond donors (Lipinski definition) is 1. The Morgan fingerprint density at radius 2 is 1.36 bits per heavy atom. The van der Waals surface area contributed by atoms with E-state index in [0.29, 0.717) is 0 Å². The van der Waals surface area contributed by atoms with E-state index in [0.717, 1.165) is 0 Å². The van der Waals surface area contributed by atoms with Gasteiger partial charge >= 0.3 is 0 Å². The van der Waals surface area contributed by atoms with Gasteiger partial charge in [0.15, 0.2) is 0 Å². The zero-order valence-corrected chi connectivity index (χ0v) is 22.9. The fourth-order valence-corrected chi connectivity index (χ4v) is 9.19. The average molecular weight is 537 g/mol. The molecule has 0 bridgehead atoms. The first-order valence-corrected chi connectivity index (χ1v) is 15.4. The number of anilines is 2. The minimum absolute atomic E-state index is 0.179. The third-order valence-electron chi connectivity index (χ3n) is 7.58. The van der Waals surface area contributed by atoms with Gasteiger partial charge < -0.3 is 10.2 Å². The summed E-state index contributed by atoms with van der Waals surface area (Å²) in [4.78, 5) is 2.38. The Labute approximate surface area is 233 Å². The van der Waals surface area contributed by atoms with E-state index >= 15 is 0 Å². The Balaban J connectivity index is 1.16. The van der Waals surface area contributed by atoms with E-state index in [9.17, 15) is 0 Å². The van der Waals surface area contributed by atoms with E-state index in [4.69, 9.17) is 0 Å². The third-order valence-corrected chi connectivity index (χ3v) is 11.2. The molecule has 8 rings (SSSR count). The van der Waals surface area contributed by atoms with E-state index in [1.165, 1.54) is 58.6 Å². The highest BCUT2D eigenvalue weighted by atomic mass is 32.1. The highest BCUT2D eigenvalue weighted by Gasteiger charge is 2.31. The zero-order valence-electron chi connectivity index (χ0n) is 21.2. The van der Waals surface area contributed by atoms with Gasteiger partial charge in [0.25, 0.3) is 0 Å². The van der Waals surface area contributed by atoms with E-state index in [1.54, 1.807) is 0 Å². The summed E-state index contributed by atoms with van der Waals surface area (Å²) in [7, 11) is -0.614. The quantitative estimate of drug-likeness (QED) is 0.230. The first-order chi connectivity index (χ1) is 19.3. The molecule has 1 atom stereocenters. The number of fused-ring (bicyclic) bond motifs is 6. The van der Waals surface area contributed by atoms with Crippen LogP contribution in [0.25, 0.3) is 26.4 Å². The van der Waals surface area contributed by atoms with Gasteiger partial charge in [-0.25, -0.2) is 0 Å². The van der Waals surface area contributed by atoms with Crippen LogP contribution in [0.4, 0.5) is 10.7 Å². The van der Waals surface area contributed by atoms with Crippen LogP contribution in [0.3, 0.4) is 0 Å². The van der Waals surface area contributed by atoms with Crippen LogP contribution in [0.2, 0.25) is 0 Å². The molecule has 1 aromatic heterocycles. The van der Waals surface area contributed by atoms with Crippen LogP contribution in [0.5, 0.6) is 0 Å². The molecule has 2 aliphatic rings. The molecule has 2 aliphatic heterocycles.